The van der Waals surface area contributed by atoms with E-state index in [1.54, 1.807) is 0 Å². The fourth-order valence-electron chi connectivity index (χ4n) is 2.79. The van der Waals surface area contributed by atoms with Crippen molar-refractivity contribution in [3.63, 3.8) is 0 Å². The molecule has 114 valence electrons. The first kappa shape index (κ1) is 14.0. The van der Waals surface area contributed by atoms with E-state index < -0.39 is 0 Å². The van der Waals surface area contributed by atoms with E-state index in [-0.39, 0.29) is 24.7 Å². The van der Waals surface area contributed by atoms with Crippen LogP contribution in [-0.4, -0.2) is 25.3 Å². The lowest BCUT2D eigenvalue weighted by molar-refractivity contribution is -0.120. The smallest absolute Gasteiger partial charge is 0.249 e. The van der Waals surface area contributed by atoms with Gasteiger partial charge < -0.3 is 19.7 Å². The van der Waals surface area contributed by atoms with E-state index in [0.29, 0.717) is 18.2 Å². The monoisotopic (exact) mass is 290 g/mol. The summed E-state index contributed by atoms with van der Waals surface area (Å²) in [6.45, 7) is 9.29. The van der Waals surface area contributed by atoms with Crippen molar-refractivity contribution in [2.75, 3.05) is 23.6 Å². The number of benzene rings is 1. The van der Waals surface area contributed by atoms with Crippen LogP contribution in [0.4, 0.5) is 11.4 Å². The Morgan fingerprint density at radius 3 is 2.52 bits per heavy atom. The number of hydrogen-bond acceptors (Lipinski definition) is 4. The van der Waals surface area contributed by atoms with E-state index in [0.717, 1.165) is 17.1 Å². The van der Waals surface area contributed by atoms with Crippen LogP contribution < -0.4 is 19.7 Å². The molecule has 0 aliphatic carbocycles. The molecule has 1 amide bonds. The number of rotatable bonds is 3. The molecule has 5 heteroatoms. The zero-order valence-corrected chi connectivity index (χ0v) is 13.0. The summed E-state index contributed by atoms with van der Waals surface area (Å²) >= 11 is 0. The molecule has 2 aliphatic rings. The molecule has 1 aromatic carbocycles. The Labute approximate surface area is 125 Å². The number of ether oxygens (including phenoxy) is 2. The highest BCUT2D eigenvalue weighted by Gasteiger charge is 2.36. The van der Waals surface area contributed by atoms with Crippen molar-refractivity contribution in [1.82, 2.24) is 0 Å². The van der Waals surface area contributed by atoms with E-state index in [9.17, 15) is 4.79 Å². The SMILES string of the molecule is CC(C)CN1C(=O)C(C(C)C)Nc2cc3c(cc21)OCO3. The highest BCUT2D eigenvalue weighted by Crippen LogP contribution is 2.44. The van der Waals surface area contributed by atoms with E-state index in [1.165, 1.54) is 0 Å². The van der Waals surface area contributed by atoms with Gasteiger partial charge >= 0.3 is 0 Å². The molecule has 3 rings (SSSR count). The lowest BCUT2D eigenvalue weighted by Gasteiger charge is -2.38. The first-order chi connectivity index (χ1) is 9.97. The average molecular weight is 290 g/mol. The summed E-state index contributed by atoms with van der Waals surface area (Å²) in [5.74, 6) is 2.21. The van der Waals surface area contributed by atoms with E-state index in [1.807, 2.05) is 17.0 Å². The topological polar surface area (TPSA) is 50.8 Å². The van der Waals surface area contributed by atoms with Gasteiger partial charge in [0.2, 0.25) is 12.7 Å². The van der Waals surface area contributed by atoms with Gasteiger partial charge in [-0.25, -0.2) is 0 Å². The molecule has 2 heterocycles. The van der Waals surface area contributed by atoms with Gasteiger partial charge in [-0.1, -0.05) is 27.7 Å². The molecule has 1 N–H and O–H groups in total. The predicted molar refractivity (Wildman–Crippen MR) is 82.0 cm³/mol. The number of amides is 1. The van der Waals surface area contributed by atoms with Gasteiger partial charge in [0, 0.05) is 18.7 Å². The first-order valence-electron chi connectivity index (χ1n) is 7.49. The molecule has 0 bridgehead atoms. The van der Waals surface area contributed by atoms with Crippen molar-refractivity contribution >= 4 is 17.3 Å². The number of anilines is 2. The van der Waals surface area contributed by atoms with Crippen LogP contribution >= 0.6 is 0 Å². The summed E-state index contributed by atoms with van der Waals surface area (Å²) in [4.78, 5) is 14.6. The van der Waals surface area contributed by atoms with E-state index in [4.69, 9.17) is 9.47 Å². The number of hydrogen-bond donors (Lipinski definition) is 1. The molecule has 0 spiro atoms. The average Bonchev–Trinajstić information content (AvgIpc) is 2.86. The molecule has 0 aromatic heterocycles. The third-order valence-corrected chi connectivity index (χ3v) is 3.84. The fraction of sp³-hybridized carbons (Fsp3) is 0.562. The third-order valence-electron chi connectivity index (χ3n) is 3.84. The van der Waals surface area contributed by atoms with Crippen LogP contribution in [0, 0.1) is 11.8 Å². The summed E-state index contributed by atoms with van der Waals surface area (Å²) in [5.41, 5.74) is 1.83. The van der Waals surface area contributed by atoms with Gasteiger partial charge in [-0.3, -0.25) is 4.79 Å². The Morgan fingerprint density at radius 2 is 1.90 bits per heavy atom. The van der Waals surface area contributed by atoms with Crippen molar-refractivity contribution in [1.29, 1.82) is 0 Å². The fourth-order valence-corrected chi connectivity index (χ4v) is 2.79. The van der Waals surface area contributed by atoms with Gasteiger partial charge in [-0.05, 0) is 11.8 Å². The van der Waals surface area contributed by atoms with Crippen LogP contribution in [0.2, 0.25) is 0 Å². The second-order valence-electron chi connectivity index (χ2n) is 6.43. The second-order valence-corrected chi connectivity index (χ2v) is 6.43. The third kappa shape index (κ3) is 2.41. The molecule has 0 saturated heterocycles. The molecule has 1 atom stereocenters. The zero-order chi connectivity index (χ0) is 15.1. The van der Waals surface area contributed by atoms with Crippen molar-refractivity contribution in [3.05, 3.63) is 12.1 Å². The first-order valence-corrected chi connectivity index (χ1v) is 7.49. The Bertz CT molecular complexity index is 569. The minimum Gasteiger partial charge on any atom is -0.454 e. The quantitative estimate of drug-likeness (QED) is 0.930. The summed E-state index contributed by atoms with van der Waals surface area (Å²) in [5, 5.41) is 3.35. The maximum atomic E-state index is 12.8. The summed E-state index contributed by atoms with van der Waals surface area (Å²) in [6, 6.07) is 3.64. The molecule has 21 heavy (non-hydrogen) atoms. The van der Waals surface area contributed by atoms with Crippen molar-refractivity contribution < 1.29 is 14.3 Å². The minimum atomic E-state index is -0.198. The lowest BCUT2D eigenvalue weighted by Crippen LogP contribution is -2.50. The van der Waals surface area contributed by atoms with Crippen molar-refractivity contribution in [3.8, 4) is 11.5 Å². The van der Waals surface area contributed by atoms with Gasteiger partial charge in [-0.15, -0.1) is 0 Å². The van der Waals surface area contributed by atoms with E-state index in [2.05, 4.69) is 33.0 Å². The van der Waals surface area contributed by atoms with Crippen molar-refractivity contribution in [2.24, 2.45) is 11.8 Å². The van der Waals surface area contributed by atoms with Crippen LogP contribution in [-0.2, 0) is 4.79 Å². The predicted octanol–water partition coefficient (Wildman–Crippen LogP) is 2.85. The van der Waals surface area contributed by atoms with Crippen molar-refractivity contribution in [2.45, 2.75) is 33.7 Å². The zero-order valence-electron chi connectivity index (χ0n) is 13.0. The van der Waals surface area contributed by atoms with Gasteiger partial charge in [0.05, 0.1) is 11.4 Å². The maximum Gasteiger partial charge on any atom is 0.249 e. The van der Waals surface area contributed by atoms with E-state index >= 15 is 0 Å². The summed E-state index contributed by atoms with van der Waals surface area (Å²) in [6.07, 6.45) is 0. The van der Waals surface area contributed by atoms with Crippen LogP contribution in [0.25, 0.3) is 0 Å². The largest absolute Gasteiger partial charge is 0.454 e. The molecule has 2 aliphatic heterocycles. The Balaban J connectivity index is 2.05. The van der Waals surface area contributed by atoms with Crippen LogP contribution in [0.5, 0.6) is 11.5 Å². The molecule has 0 saturated carbocycles. The van der Waals surface area contributed by atoms with Crippen LogP contribution in [0.15, 0.2) is 12.1 Å². The maximum absolute atomic E-state index is 12.8. The Hall–Kier alpha value is -1.91. The minimum absolute atomic E-state index is 0.130. The Kier molecular flexibility index (Phi) is 3.43. The Morgan fingerprint density at radius 1 is 1.24 bits per heavy atom. The molecule has 1 unspecified atom stereocenters. The molecule has 0 fully saturated rings. The molecular weight excluding hydrogens is 268 g/mol. The van der Waals surface area contributed by atoms with Gasteiger partial charge in [0.25, 0.3) is 0 Å². The second kappa shape index (κ2) is 5.13. The normalized spacial score (nSPS) is 20.0. The molecule has 0 radical (unpaired) electrons. The highest BCUT2D eigenvalue weighted by molar-refractivity contribution is 6.05. The van der Waals surface area contributed by atoms with Gasteiger partial charge in [0.15, 0.2) is 11.5 Å². The van der Waals surface area contributed by atoms with Gasteiger partial charge in [-0.2, -0.15) is 0 Å². The number of fused-ring (bicyclic) bond motifs is 2. The number of carbonyl (C=O) groups excluding carboxylic acids is 1. The number of carbonyl (C=O) groups is 1. The van der Waals surface area contributed by atoms with Gasteiger partial charge in [0.1, 0.15) is 6.04 Å². The number of nitrogens with zero attached hydrogens (tertiary/aromatic N) is 1. The number of nitrogens with one attached hydrogen (secondary N) is 1. The molecule has 5 nitrogen and oxygen atoms in total. The summed E-state index contributed by atoms with van der Waals surface area (Å²) in [7, 11) is 0. The highest BCUT2D eigenvalue weighted by atomic mass is 16.7. The standard InChI is InChI=1S/C16H22N2O3/c1-9(2)7-18-12-6-14-13(20-8-21-14)5-11(12)17-15(10(3)4)16(18)19/h5-6,9-10,15,17H,7-8H2,1-4H3. The summed E-state index contributed by atoms with van der Waals surface area (Å²) < 4.78 is 10.9. The lowest BCUT2D eigenvalue weighted by atomic mass is 9.98. The van der Waals surface area contributed by atoms with Crippen LogP contribution in [0.3, 0.4) is 0 Å². The van der Waals surface area contributed by atoms with Crippen LogP contribution in [0.1, 0.15) is 27.7 Å². The molecule has 1 aromatic rings. The molecular formula is C16H22N2O3.